The molecule has 24 heavy (non-hydrogen) atoms. The number of carbonyl (C=O) groups excluding carboxylic acids is 1. The van der Waals surface area contributed by atoms with Gasteiger partial charge in [-0.1, -0.05) is 54.8 Å². The summed E-state index contributed by atoms with van der Waals surface area (Å²) in [6, 6.07) is 9.61. The van der Waals surface area contributed by atoms with E-state index in [4.69, 9.17) is 10.3 Å². The summed E-state index contributed by atoms with van der Waals surface area (Å²) in [5, 5.41) is 6.91. The van der Waals surface area contributed by atoms with E-state index in [0.29, 0.717) is 17.0 Å². The number of hydrogen-bond donors (Lipinski definition) is 2. The van der Waals surface area contributed by atoms with E-state index in [-0.39, 0.29) is 11.8 Å². The average molecular weight is 325 g/mol. The van der Waals surface area contributed by atoms with Crippen LogP contribution in [-0.4, -0.2) is 18.1 Å². The SMILES string of the molecule is CNC(=O)c1c(C2CCCCC2)noc1/C=C(\N)c1ccccc1. The molecule has 5 heteroatoms. The van der Waals surface area contributed by atoms with E-state index in [0.717, 1.165) is 24.1 Å². The van der Waals surface area contributed by atoms with E-state index in [9.17, 15) is 4.79 Å². The Bertz CT molecular complexity index is 728. The Balaban J connectivity index is 1.98. The second-order valence-corrected chi connectivity index (χ2v) is 6.19. The van der Waals surface area contributed by atoms with Crippen LogP contribution in [0.1, 0.15) is 65.4 Å². The quantitative estimate of drug-likeness (QED) is 0.901. The minimum atomic E-state index is -0.177. The maximum absolute atomic E-state index is 12.4. The molecule has 0 atom stereocenters. The molecule has 2 aromatic rings. The topological polar surface area (TPSA) is 81.2 Å². The number of carbonyl (C=O) groups is 1. The number of amides is 1. The fraction of sp³-hybridized carbons (Fsp3) is 0.368. The highest BCUT2D eigenvalue weighted by Gasteiger charge is 2.28. The van der Waals surface area contributed by atoms with E-state index < -0.39 is 0 Å². The van der Waals surface area contributed by atoms with Gasteiger partial charge in [-0.25, -0.2) is 0 Å². The summed E-state index contributed by atoms with van der Waals surface area (Å²) in [7, 11) is 1.62. The van der Waals surface area contributed by atoms with Gasteiger partial charge in [0.1, 0.15) is 11.3 Å². The normalized spacial score (nSPS) is 16.1. The number of hydrogen-bond acceptors (Lipinski definition) is 4. The lowest BCUT2D eigenvalue weighted by atomic mass is 9.85. The van der Waals surface area contributed by atoms with Gasteiger partial charge in [-0.15, -0.1) is 0 Å². The van der Waals surface area contributed by atoms with Gasteiger partial charge in [-0.05, 0) is 18.4 Å². The minimum absolute atomic E-state index is 0.177. The summed E-state index contributed by atoms with van der Waals surface area (Å²) in [4.78, 5) is 12.4. The number of nitrogens with one attached hydrogen (secondary N) is 1. The van der Waals surface area contributed by atoms with Crippen molar-refractivity contribution < 1.29 is 9.32 Å². The van der Waals surface area contributed by atoms with E-state index in [2.05, 4.69) is 10.5 Å². The molecule has 1 aliphatic carbocycles. The zero-order chi connectivity index (χ0) is 16.9. The fourth-order valence-electron chi connectivity index (χ4n) is 3.28. The van der Waals surface area contributed by atoms with Crippen molar-refractivity contribution in [2.75, 3.05) is 7.05 Å². The van der Waals surface area contributed by atoms with Crippen LogP contribution < -0.4 is 11.1 Å². The summed E-state index contributed by atoms with van der Waals surface area (Å²) in [6.07, 6.45) is 7.38. The van der Waals surface area contributed by atoms with Crippen molar-refractivity contribution in [1.82, 2.24) is 10.5 Å². The van der Waals surface area contributed by atoms with Gasteiger partial charge in [0.2, 0.25) is 0 Å². The van der Waals surface area contributed by atoms with Gasteiger partial charge in [0, 0.05) is 24.7 Å². The molecule has 126 valence electrons. The van der Waals surface area contributed by atoms with Crippen LogP contribution in [0.15, 0.2) is 34.9 Å². The molecule has 0 bridgehead atoms. The van der Waals surface area contributed by atoms with Gasteiger partial charge in [0.15, 0.2) is 5.76 Å². The van der Waals surface area contributed by atoms with Crippen LogP contribution in [0.2, 0.25) is 0 Å². The lowest BCUT2D eigenvalue weighted by Crippen LogP contribution is -2.21. The van der Waals surface area contributed by atoms with Crippen LogP contribution in [0.25, 0.3) is 11.8 Å². The minimum Gasteiger partial charge on any atom is -0.398 e. The largest absolute Gasteiger partial charge is 0.398 e. The van der Waals surface area contributed by atoms with Gasteiger partial charge in [0.05, 0.1) is 0 Å². The molecule has 5 nitrogen and oxygen atoms in total. The molecule has 3 N–H and O–H groups in total. The third kappa shape index (κ3) is 3.35. The lowest BCUT2D eigenvalue weighted by molar-refractivity contribution is 0.0960. The molecule has 1 aromatic heterocycles. The molecule has 3 rings (SSSR count). The zero-order valence-corrected chi connectivity index (χ0v) is 13.9. The molecule has 0 aliphatic heterocycles. The van der Waals surface area contributed by atoms with Crippen molar-refractivity contribution >= 4 is 17.7 Å². The van der Waals surface area contributed by atoms with Gasteiger partial charge < -0.3 is 15.6 Å². The summed E-state index contributed by atoms with van der Waals surface area (Å²) in [5.41, 5.74) is 8.88. The number of nitrogens with two attached hydrogens (primary N) is 1. The first kappa shape index (κ1) is 16.3. The predicted octanol–water partition coefficient (Wildman–Crippen LogP) is 3.54. The highest BCUT2D eigenvalue weighted by molar-refractivity contribution is 5.99. The van der Waals surface area contributed by atoms with E-state index in [1.165, 1.54) is 19.3 Å². The first-order valence-corrected chi connectivity index (χ1v) is 8.45. The van der Waals surface area contributed by atoms with Crippen LogP contribution in [0, 0.1) is 0 Å². The van der Waals surface area contributed by atoms with Crippen LogP contribution in [0.5, 0.6) is 0 Å². The van der Waals surface area contributed by atoms with Gasteiger partial charge in [-0.2, -0.15) is 0 Å². The maximum atomic E-state index is 12.4. The van der Waals surface area contributed by atoms with Crippen LogP contribution in [0.3, 0.4) is 0 Å². The average Bonchev–Trinajstić information content (AvgIpc) is 3.06. The first-order valence-electron chi connectivity index (χ1n) is 8.45. The Kier molecular flexibility index (Phi) is 4.99. The van der Waals surface area contributed by atoms with E-state index in [1.54, 1.807) is 13.1 Å². The summed E-state index contributed by atoms with van der Waals surface area (Å²) < 4.78 is 5.50. The molecule has 1 aliphatic rings. The molecule has 1 fully saturated rings. The molecule has 1 amide bonds. The molecule has 0 unspecified atom stereocenters. The van der Waals surface area contributed by atoms with Crippen molar-refractivity contribution in [1.29, 1.82) is 0 Å². The lowest BCUT2D eigenvalue weighted by Gasteiger charge is -2.20. The molecule has 1 aromatic carbocycles. The predicted molar refractivity (Wildman–Crippen MR) is 94.2 cm³/mol. The smallest absolute Gasteiger partial charge is 0.256 e. The van der Waals surface area contributed by atoms with Gasteiger partial charge in [-0.3, -0.25) is 4.79 Å². The molecule has 0 radical (unpaired) electrons. The number of rotatable bonds is 4. The highest BCUT2D eigenvalue weighted by Crippen LogP contribution is 2.35. The van der Waals surface area contributed by atoms with Crippen LogP contribution in [0.4, 0.5) is 0 Å². The second kappa shape index (κ2) is 7.34. The summed E-state index contributed by atoms with van der Waals surface area (Å²) in [5.74, 6) is 0.537. The first-order chi connectivity index (χ1) is 11.7. The van der Waals surface area contributed by atoms with Gasteiger partial charge in [0.25, 0.3) is 5.91 Å². The molecule has 1 saturated carbocycles. The van der Waals surface area contributed by atoms with Crippen molar-refractivity contribution in [2.24, 2.45) is 5.73 Å². The van der Waals surface area contributed by atoms with Crippen molar-refractivity contribution in [3.8, 4) is 0 Å². The van der Waals surface area contributed by atoms with Crippen LogP contribution in [-0.2, 0) is 0 Å². The molecular formula is C19H23N3O2. The summed E-state index contributed by atoms with van der Waals surface area (Å²) in [6.45, 7) is 0. The fourth-order valence-corrected chi connectivity index (χ4v) is 3.28. The maximum Gasteiger partial charge on any atom is 0.256 e. The van der Waals surface area contributed by atoms with Crippen molar-refractivity contribution in [2.45, 2.75) is 38.0 Å². The molecule has 0 saturated heterocycles. The summed E-state index contributed by atoms with van der Waals surface area (Å²) >= 11 is 0. The van der Waals surface area contributed by atoms with Gasteiger partial charge >= 0.3 is 0 Å². The molecular weight excluding hydrogens is 302 g/mol. The van der Waals surface area contributed by atoms with E-state index >= 15 is 0 Å². The Morgan fingerprint density at radius 3 is 2.62 bits per heavy atom. The third-order valence-corrected chi connectivity index (χ3v) is 4.58. The zero-order valence-electron chi connectivity index (χ0n) is 13.9. The Hall–Kier alpha value is -2.56. The molecule has 1 heterocycles. The monoisotopic (exact) mass is 325 g/mol. The second-order valence-electron chi connectivity index (χ2n) is 6.19. The third-order valence-electron chi connectivity index (χ3n) is 4.58. The Labute approximate surface area is 141 Å². The van der Waals surface area contributed by atoms with Crippen molar-refractivity contribution in [3.05, 3.63) is 52.9 Å². The Morgan fingerprint density at radius 2 is 1.96 bits per heavy atom. The number of aromatic nitrogens is 1. The Morgan fingerprint density at radius 1 is 1.25 bits per heavy atom. The highest BCUT2D eigenvalue weighted by atomic mass is 16.5. The molecule has 0 spiro atoms. The van der Waals surface area contributed by atoms with E-state index in [1.807, 2.05) is 30.3 Å². The number of nitrogens with zero attached hydrogens (tertiary/aromatic N) is 1. The number of benzene rings is 1. The standard InChI is InChI=1S/C19H23N3O2/c1-21-19(23)17-16(12-15(20)13-8-4-2-5-9-13)24-22-18(17)14-10-6-3-7-11-14/h2,4-5,8-9,12,14H,3,6-7,10-11,20H2,1H3,(H,21,23)/b15-12-. The van der Waals surface area contributed by atoms with Crippen LogP contribution >= 0.6 is 0 Å². The van der Waals surface area contributed by atoms with Crippen molar-refractivity contribution in [3.63, 3.8) is 0 Å².